The fourth-order valence-electron chi connectivity index (χ4n) is 4.42. The normalized spacial score (nSPS) is 17.3. The number of piperidine rings is 1. The van der Waals surface area contributed by atoms with E-state index in [0.29, 0.717) is 19.4 Å². The molecular weight excluding hydrogens is 476 g/mol. The average Bonchev–Trinajstić information content (AvgIpc) is 2.89. The first-order valence-electron chi connectivity index (χ1n) is 12.0. The molecule has 2 atom stereocenters. The molecule has 2 N–H and O–H groups in total. The van der Waals surface area contributed by atoms with E-state index in [1.165, 1.54) is 4.31 Å². The van der Waals surface area contributed by atoms with E-state index in [1.807, 2.05) is 61.5 Å². The van der Waals surface area contributed by atoms with Crippen LogP contribution >= 0.6 is 0 Å². The van der Waals surface area contributed by atoms with Gasteiger partial charge in [0.15, 0.2) is 0 Å². The molecule has 36 heavy (non-hydrogen) atoms. The molecule has 1 aliphatic rings. The van der Waals surface area contributed by atoms with Crippen LogP contribution in [0.2, 0.25) is 0 Å². The van der Waals surface area contributed by atoms with Gasteiger partial charge in [-0.25, -0.2) is 13.2 Å². The van der Waals surface area contributed by atoms with Crippen LogP contribution in [0.4, 0.5) is 0 Å². The molecular formula is C28H30N2O5S. The monoisotopic (exact) mass is 506 g/mol. The Kier molecular flexibility index (Phi) is 7.86. The summed E-state index contributed by atoms with van der Waals surface area (Å²) in [5.74, 6) is -2.18. The fourth-order valence-corrected chi connectivity index (χ4v) is 5.95. The molecule has 0 aromatic heterocycles. The Morgan fingerprint density at radius 1 is 0.972 bits per heavy atom. The first-order chi connectivity index (χ1) is 17.2. The molecule has 0 aliphatic carbocycles. The van der Waals surface area contributed by atoms with E-state index >= 15 is 0 Å². The van der Waals surface area contributed by atoms with Crippen molar-refractivity contribution in [3.63, 3.8) is 0 Å². The lowest BCUT2D eigenvalue weighted by Gasteiger charge is -2.31. The third kappa shape index (κ3) is 6.01. The molecule has 0 bridgehead atoms. The number of aliphatic carboxylic acids is 1. The topological polar surface area (TPSA) is 104 Å². The average molecular weight is 507 g/mol. The van der Waals surface area contributed by atoms with Crippen LogP contribution in [0.3, 0.4) is 0 Å². The lowest BCUT2D eigenvalue weighted by molar-refractivity contribution is -0.142. The third-order valence-electron chi connectivity index (χ3n) is 6.53. The zero-order valence-electron chi connectivity index (χ0n) is 20.1. The Morgan fingerprint density at radius 3 is 2.25 bits per heavy atom. The lowest BCUT2D eigenvalue weighted by Crippen LogP contribution is -2.50. The molecule has 0 spiro atoms. The van der Waals surface area contributed by atoms with Gasteiger partial charge >= 0.3 is 5.97 Å². The number of nitrogens with zero attached hydrogens (tertiary/aromatic N) is 1. The number of hydrogen-bond donors (Lipinski definition) is 2. The number of carbonyl (C=O) groups excluding carboxylic acids is 1. The number of carbonyl (C=O) groups is 2. The van der Waals surface area contributed by atoms with Crippen molar-refractivity contribution in [2.45, 2.75) is 37.1 Å². The van der Waals surface area contributed by atoms with Crippen molar-refractivity contribution >= 4 is 21.9 Å². The van der Waals surface area contributed by atoms with Crippen LogP contribution in [0.25, 0.3) is 11.1 Å². The van der Waals surface area contributed by atoms with Crippen LogP contribution in [0.1, 0.15) is 24.0 Å². The predicted octanol–water partition coefficient (Wildman–Crippen LogP) is 3.87. The number of nitrogens with one attached hydrogen (secondary N) is 1. The Hall–Kier alpha value is -3.49. The van der Waals surface area contributed by atoms with Gasteiger partial charge in [-0.2, -0.15) is 4.31 Å². The zero-order valence-corrected chi connectivity index (χ0v) is 20.9. The number of carboxylic acid groups (broad SMARTS) is 1. The van der Waals surface area contributed by atoms with E-state index in [4.69, 9.17) is 0 Å². The largest absolute Gasteiger partial charge is 0.480 e. The van der Waals surface area contributed by atoms with Gasteiger partial charge in [-0.15, -0.1) is 0 Å². The van der Waals surface area contributed by atoms with Crippen LogP contribution in [0.5, 0.6) is 0 Å². The van der Waals surface area contributed by atoms with E-state index in [1.54, 1.807) is 24.3 Å². The highest BCUT2D eigenvalue weighted by Gasteiger charge is 2.34. The Bertz CT molecular complexity index is 1310. The maximum Gasteiger partial charge on any atom is 0.326 e. The Balaban J connectivity index is 1.41. The number of hydrogen-bond acceptors (Lipinski definition) is 4. The summed E-state index contributed by atoms with van der Waals surface area (Å²) >= 11 is 0. The highest BCUT2D eigenvalue weighted by atomic mass is 32.2. The van der Waals surface area contributed by atoms with Crippen LogP contribution in [0, 0.1) is 12.8 Å². The second-order valence-corrected chi connectivity index (χ2v) is 11.1. The van der Waals surface area contributed by atoms with Gasteiger partial charge in [0.1, 0.15) is 6.04 Å². The molecule has 1 amide bonds. The third-order valence-corrected chi connectivity index (χ3v) is 8.41. The molecule has 1 fully saturated rings. The summed E-state index contributed by atoms with van der Waals surface area (Å²) in [5.41, 5.74) is 3.83. The number of aryl methyl sites for hydroxylation is 1. The van der Waals surface area contributed by atoms with Gasteiger partial charge < -0.3 is 10.4 Å². The number of sulfonamides is 1. The highest BCUT2D eigenvalue weighted by Crippen LogP contribution is 2.25. The lowest BCUT2D eigenvalue weighted by atomic mass is 9.97. The van der Waals surface area contributed by atoms with Gasteiger partial charge in [0.25, 0.3) is 0 Å². The SMILES string of the molecule is Cc1ccc(S(=O)(=O)N2CCCC(C(=O)N[C@@H](Cc3ccc(-c4ccccc4)cc3)C(=O)O)C2)cc1. The second kappa shape index (κ2) is 11.1. The molecule has 7 nitrogen and oxygen atoms in total. The minimum Gasteiger partial charge on any atom is -0.480 e. The van der Waals surface area contributed by atoms with Crippen molar-refractivity contribution in [3.8, 4) is 11.1 Å². The van der Waals surface area contributed by atoms with Crippen molar-refractivity contribution in [2.24, 2.45) is 5.92 Å². The molecule has 188 valence electrons. The zero-order chi connectivity index (χ0) is 25.7. The van der Waals surface area contributed by atoms with E-state index in [-0.39, 0.29) is 17.9 Å². The van der Waals surface area contributed by atoms with E-state index in [0.717, 1.165) is 22.3 Å². The van der Waals surface area contributed by atoms with E-state index in [9.17, 15) is 23.1 Å². The molecule has 1 saturated heterocycles. The fraction of sp³-hybridized carbons (Fsp3) is 0.286. The van der Waals surface area contributed by atoms with Gasteiger partial charge in [0, 0.05) is 19.5 Å². The van der Waals surface area contributed by atoms with Gasteiger partial charge in [0.2, 0.25) is 15.9 Å². The van der Waals surface area contributed by atoms with Crippen LogP contribution < -0.4 is 5.32 Å². The smallest absolute Gasteiger partial charge is 0.326 e. The van der Waals surface area contributed by atoms with Crippen molar-refractivity contribution in [3.05, 3.63) is 90.0 Å². The number of amides is 1. The van der Waals surface area contributed by atoms with E-state index < -0.39 is 33.9 Å². The number of carboxylic acids is 1. The molecule has 0 radical (unpaired) electrons. The summed E-state index contributed by atoms with van der Waals surface area (Å²) in [4.78, 5) is 25.1. The highest BCUT2D eigenvalue weighted by molar-refractivity contribution is 7.89. The quantitative estimate of drug-likeness (QED) is 0.483. The summed E-state index contributed by atoms with van der Waals surface area (Å²) in [6.07, 6.45) is 1.17. The number of rotatable bonds is 8. The standard InChI is InChI=1S/C28H30N2O5S/c1-20-9-15-25(16-10-20)36(34,35)30-17-5-8-24(19-30)27(31)29-26(28(32)33)18-21-11-13-23(14-12-21)22-6-3-2-4-7-22/h2-4,6-7,9-16,24,26H,5,8,17-19H2,1H3,(H,29,31)(H,32,33)/t24?,26-/m0/s1. The molecule has 4 rings (SSSR count). The number of benzene rings is 3. The van der Waals surface area contributed by atoms with Crippen LogP contribution in [-0.2, 0) is 26.0 Å². The van der Waals surface area contributed by atoms with Crippen LogP contribution in [-0.4, -0.2) is 48.8 Å². The van der Waals surface area contributed by atoms with Crippen molar-refractivity contribution in [1.82, 2.24) is 9.62 Å². The minimum atomic E-state index is -3.73. The molecule has 1 unspecified atom stereocenters. The van der Waals surface area contributed by atoms with Crippen molar-refractivity contribution < 1.29 is 23.1 Å². The van der Waals surface area contributed by atoms with Crippen LogP contribution in [0.15, 0.2) is 83.8 Å². The molecule has 1 aliphatic heterocycles. The van der Waals surface area contributed by atoms with Gasteiger partial charge in [-0.05, 0) is 48.6 Å². The van der Waals surface area contributed by atoms with Gasteiger partial charge in [-0.3, -0.25) is 4.79 Å². The summed E-state index contributed by atoms with van der Waals surface area (Å²) in [6, 6.07) is 23.0. The first kappa shape index (κ1) is 25.6. The first-order valence-corrected chi connectivity index (χ1v) is 13.4. The summed E-state index contributed by atoms with van der Waals surface area (Å²) < 4.78 is 27.5. The van der Waals surface area contributed by atoms with Crippen molar-refractivity contribution in [1.29, 1.82) is 0 Å². The van der Waals surface area contributed by atoms with E-state index in [2.05, 4.69) is 5.32 Å². The molecule has 3 aromatic carbocycles. The molecule has 1 heterocycles. The second-order valence-electron chi connectivity index (χ2n) is 9.18. The van der Waals surface area contributed by atoms with Gasteiger partial charge in [0.05, 0.1) is 10.8 Å². The van der Waals surface area contributed by atoms with Gasteiger partial charge in [-0.1, -0.05) is 72.3 Å². The predicted molar refractivity (Wildman–Crippen MR) is 138 cm³/mol. The molecule has 3 aromatic rings. The Labute approximate surface area is 211 Å². The Morgan fingerprint density at radius 2 is 1.61 bits per heavy atom. The summed E-state index contributed by atoms with van der Waals surface area (Å²) in [6.45, 7) is 2.24. The summed E-state index contributed by atoms with van der Waals surface area (Å²) in [5, 5.41) is 12.4. The molecule has 0 saturated carbocycles. The minimum absolute atomic E-state index is 0.0279. The maximum absolute atomic E-state index is 13.1. The maximum atomic E-state index is 13.1. The summed E-state index contributed by atoms with van der Waals surface area (Å²) in [7, 11) is -3.73. The van der Waals surface area contributed by atoms with Crippen molar-refractivity contribution in [2.75, 3.05) is 13.1 Å². The molecule has 8 heteroatoms.